The fourth-order valence-electron chi connectivity index (χ4n) is 3.43. The molecule has 21 heavy (non-hydrogen) atoms. The van der Waals surface area contributed by atoms with Crippen LogP contribution in [0.15, 0.2) is 36.4 Å². The maximum absolute atomic E-state index is 6.36. The van der Waals surface area contributed by atoms with Gasteiger partial charge in [-0.3, -0.25) is 4.90 Å². The van der Waals surface area contributed by atoms with Crippen LogP contribution in [-0.4, -0.2) is 36.7 Å². The highest BCUT2D eigenvalue weighted by Gasteiger charge is 2.42. The molecule has 2 atom stereocenters. The molecule has 1 aromatic rings. The minimum atomic E-state index is 0.0813. The normalized spacial score (nSPS) is 27.6. The van der Waals surface area contributed by atoms with Gasteiger partial charge in [0.05, 0.1) is 0 Å². The number of nitrogens with one attached hydrogen (secondary N) is 1. The number of nitrogens with zero attached hydrogens (tertiary/aromatic N) is 1. The highest BCUT2D eigenvalue weighted by Crippen LogP contribution is 2.35. The number of hydrogen-bond acceptors (Lipinski definition) is 3. The largest absolute Gasteiger partial charge is 0.486 e. The summed E-state index contributed by atoms with van der Waals surface area (Å²) in [5.74, 6) is 1.02. The van der Waals surface area contributed by atoms with E-state index in [2.05, 4.69) is 41.1 Å². The summed E-state index contributed by atoms with van der Waals surface area (Å²) in [6, 6.07) is 8.55. The average molecular weight is 286 g/mol. The van der Waals surface area contributed by atoms with E-state index in [0.717, 1.165) is 31.0 Å². The molecule has 3 nitrogen and oxygen atoms in total. The van der Waals surface area contributed by atoms with Gasteiger partial charge in [0.25, 0.3) is 0 Å². The summed E-state index contributed by atoms with van der Waals surface area (Å²) in [6.45, 7) is 11.2. The lowest BCUT2D eigenvalue weighted by Gasteiger charge is -2.34. The van der Waals surface area contributed by atoms with E-state index in [1.807, 2.05) is 6.92 Å². The van der Waals surface area contributed by atoms with E-state index < -0.39 is 0 Å². The van der Waals surface area contributed by atoms with Crippen molar-refractivity contribution in [3.63, 3.8) is 0 Å². The van der Waals surface area contributed by atoms with Crippen molar-refractivity contribution in [3.05, 3.63) is 42.0 Å². The number of hydrogen-bond donors (Lipinski definition) is 1. The lowest BCUT2D eigenvalue weighted by Crippen LogP contribution is -2.43. The summed E-state index contributed by atoms with van der Waals surface area (Å²) in [5, 5.41) is 3.38. The second-order valence-electron chi connectivity index (χ2n) is 6.62. The molecule has 1 N–H and O–H groups in total. The predicted molar refractivity (Wildman–Crippen MR) is 86.6 cm³/mol. The Kier molecular flexibility index (Phi) is 4.32. The van der Waals surface area contributed by atoms with Crippen molar-refractivity contribution in [3.8, 4) is 5.75 Å². The van der Waals surface area contributed by atoms with Gasteiger partial charge in [-0.1, -0.05) is 24.3 Å². The van der Waals surface area contributed by atoms with Crippen LogP contribution in [-0.2, 0) is 6.54 Å². The zero-order valence-corrected chi connectivity index (χ0v) is 13.0. The first-order valence-corrected chi connectivity index (χ1v) is 8.01. The van der Waals surface area contributed by atoms with Crippen LogP contribution in [0.2, 0.25) is 0 Å². The molecule has 3 heteroatoms. The molecule has 2 heterocycles. The van der Waals surface area contributed by atoms with E-state index in [1.54, 1.807) is 0 Å². The number of fused-ring (bicyclic) bond motifs is 2. The molecule has 1 aromatic carbocycles. The molecule has 0 aliphatic carbocycles. The van der Waals surface area contributed by atoms with Crippen LogP contribution in [0.3, 0.4) is 0 Å². The Morgan fingerprint density at radius 1 is 1.29 bits per heavy atom. The lowest BCUT2D eigenvalue weighted by molar-refractivity contribution is 0.0453. The molecular weight excluding hydrogens is 260 g/mol. The van der Waals surface area contributed by atoms with Crippen molar-refractivity contribution in [2.75, 3.05) is 26.2 Å². The summed E-state index contributed by atoms with van der Waals surface area (Å²) in [7, 11) is 0. The van der Waals surface area contributed by atoms with E-state index in [4.69, 9.17) is 4.74 Å². The Labute approximate surface area is 128 Å². The molecule has 0 amide bonds. The van der Waals surface area contributed by atoms with Crippen LogP contribution >= 0.6 is 0 Å². The van der Waals surface area contributed by atoms with Crippen LogP contribution in [0.5, 0.6) is 5.75 Å². The minimum Gasteiger partial charge on any atom is -0.486 e. The third-order valence-electron chi connectivity index (χ3n) is 4.52. The van der Waals surface area contributed by atoms with Crippen molar-refractivity contribution < 1.29 is 4.74 Å². The molecule has 2 bridgehead atoms. The van der Waals surface area contributed by atoms with Crippen LogP contribution in [0.25, 0.3) is 0 Å². The molecule has 2 saturated heterocycles. The molecule has 114 valence electrons. The SMILES string of the molecule is C=C(C)CNCc1ccc(OC23CCCN(CC2)C3)cc1. The Bertz CT molecular complexity index is 492. The molecular formula is C18H26N2O. The van der Waals surface area contributed by atoms with Crippen molar-refractivity contribution in [2.24, 2.45) is 0 Å². The van der Waals surface area contributed by atoms with Crippen molar-refractivity contribution in [1.29, 1.82) is 0 Å². The molecule has 2 aliphatic rings. The molecule has 2 fully saturated rings. The summed E-state index contributed by atoms with van der Waals surface area (Å²) in [4.78, 5) is 2.53. The summed E-state index contributed by atoms with van der Waals surface area (Å²) in [5.41, 5.74) is 2.53. The molecule has 0 radical (unpaired) electrons. The van der Waals surface area contributed by atoms with Gasteiger partial charge in [0.1, 0.15) is 11.4 Å². The fraction of sp³-hybridized carbons (Fsp3) is 0.556. The van der Waals surface area contributed by atoms with Gasteiger partial charge in [0.2, 0.25) is 0 Å². The number of ether oxygens (including phenoxy) is 1. The molecule has 2 unspecified atom stereocenters. The van der Waals surface area contributed by atoms with Gasteiger partial charge in [-0.15, -0.1) is 0 Å². The molecule has 2 aliphatic heterocycles. The summed E-state index contributed by atoms with van der Waals surface area (Å²) < 4.78 is 6.36. The first-order valence-electron chi connectivity index (χ1n) is 8.01. The second-order valence-corrected chi connectivity index (χ2v) is 6.62. The quantitative estimate of drug-likeness (QED) is 0.814. The van der Waals surface area contributed by atoms with E-state index >= 15 is 0 Å². The predicted octanol–water partition coefficient (Wildman–Crippen LogP) is 2.97. The van der Waals surface area contributed by atoms with E-state index in [-0.39, 0.29) is 5.60 Å². The van der Waals surface area contributed by atoms with Gasteiger partial charge in [0, 0.05) is 32.6 Å². The molecule has 3 rings (SSSR count). The van der Waals surface area contributed by atoms with Gasteiger partial charge < -0.3 is 10.1 Å². The summed E-state index contributed by atoms with van der Waals surface area (Å²) in [6.07, 6.45) is 3.64. The standard InChI is InChI=1S/C18H26N2O/c1-15(2)12-19-13-16-4-6-17(7-5-16)21-18-8-3-10-20(14-18)11-9-18/h4-7,19H,1,3,8-14H2,2H3. The monoisotopic (exact) mass is 286 g/mol. The van der Waals surface area contributed by atoms with E-state index in [9.17, 15) is 0 Å². The second kappa shape index (κ2) is 6.20. The first kappa shape index (κ1) is 14.6. The number of rotatable bonds is 6. The average Bonchev–Trinajstić information content (AvgIpc) is 2.75. The van der Waals surface area contributed by atoms with Crippen LogP contribution in [0, 0.1) is 0 Å². The van der Waals surface area contributed by atoms with E-state index in [0.29, 0.717) is 0 Å². The van der Waals surface area contributed by atoms with Gasteiger partial charge in [-0.2, -0.15) is 0 Å². The number of benzene rings is 1. The molecule has 0 saturated carbocycles. The van der Waals surface area contributed by atoms with Crippen molar-refractivity contribution in [2.45, 2.75) is 38.3 Å². The van der Waals surface area contributed by atoms with Crippen molar-refractivity contribution in [1.82, 2.24) is 10.2 Å². The lowest BCUT2D eigenvalue weighted by atomic mass is 9.94. The fourth-order valence-corrected chi connectivity index (χ4v) is 3.43. The van der Waals surface area contributed by atoms with E-state index in [1.165, 1.54) is 37.9 Å². The Morgan fingerprint density at radius 2 is 2.10 bits per heavy atom. The number of piperidine rings is 1. The van der Waals surface area contributed by atoms with Gasteiger partial charge >= 0.3 is 0 Å². The van der Waals surface area contributed by atoms with Gasteiger partial charge in [0.15, 0.2) is 0 Å². The van der Waals surface area contributed by atoms with Gasteiger partial charge in [-0.25, -0.2) is 0 Å². The zero-order valence-electron chi connectivity index (χ0n) is 13.0. The van der Waals surface area contributed by atoms with Crippen molar-refractivity contribution >= 4 is 0 Å². The highest BCUT2D eigenvalue weighted by molar-refractivity contribution is 5.28. The van der Waals surface area contributed by atoms with Crippen LogP contribution < -0.4 is 10.1 Å². The topological polar surface area (TPSA) is 24.5 Å². The third-order valence-corrected chi connectivity index (χ3v) is 4.52. The third kappa shape index (κ3) is 3.66. The maximum Gasteiger partial charge on any atom is 0.123 e. The first-order chi connectivity index (χ1) is 10.2. The smallest absolute Gasteiger partial charge is 0.123 e. The Balaban J connectivity index is 1.56. The summed E-state index contributed by atoms with van der Waals surface area (Å²) >= 11 is 0. The minimum absolute atomic E-state index is 0.0813. The Morgan fingerprint density at radius 3 is 2.86 bits per heavy atom. The van der Waals surface area contributed by atoms with Crippen LogP contribution in [0.1, 0.15) is 31.7 Å². The highest BCUT2D eigenvalue weighted by atomic mass is 16.5. The maximum atomic E-state index is 6.36. The molecule has 0 aromatic heterocycles. The zero-order chi connectivity index (χ0) is 14.7. The Hall–Kier alpha value is -1.32. The molecule has 0 spiro atoms. The van der Waals surface area contributed by atoms with Gasteiger partial charge in [-0.05, 0) is 44.0 Å². The van der Waals surface area contributed by atoms with Crippen LogP contribution in [0.4, 0.5) is 0 Å².